The minimum atomic E-state index is -3.69. The van der Waals surface area contributed by atoms with Gasteiger partial charge in [-0.05, 0) is 63.8 Å². The largest absolute Gasteiger partial charge is 0.377 e. The molecule has 1 aromatic rings. The lowest BCUT2D eigenvalue weighted by atomic mass is 10.0. The van der Waals surface area contributed by atoms with Gasteiger partial charge in [-0.3, -0.25) is 0 Å². The molecule has 152 valence electrons. The highest BCUT2D eigenvalue weighted by Gasteiger charge is 2.35. The van der Waals surface area contributed by atoms with Gasteiger partial charge in [0.1, 0.15) is 0 Å². The summed E-state index contributed by atoms with van der Waals surface area (Å²) < 4.78 is 60.4. The molecule has 27 heavy (non-hydrogen) atoms. The van der Waals surface area contributed by atoms with Crippen molar-refractivity contribution >= 4 is 20.0 Å². The molecule has 3 rings (SSSR count). The molecule has 0 saturated carbocycles. The third kappa shape index (κ3) is 4.54. The van der Waals surface area contributed by atoms with Crippen molar-refractivity contribution in [3.05, 3.63) is 24.3 Å². The zero-order valence-corrected chi connectivity index (χ0v) is 17.4. The Kier molecular flexibility index (Phi) is 6.27. The molecule has 1 N–H and O–H groups in total. The van der Waals surface area contributed by atoms with E-state index in [0.29, 0.717) is 6.61 Å². The highest BCUT2D eigenvalue weighted by atomic mass is 32.2. The highest BCUT2D eigenvalue weighted by Crippen LogP contribution is 2.29. The molecule has 9 heteroatoms. The molecule has 0 aromatic heterocycles. The maximum atomic E-state index is 13.0. The summed E-state index contributed by atoms with van der Waals surface area (Å²) in [5, 5.41) is 0. The highest BCUT2D eigenvalue weighted by molar-refractivity contribution is 7.89. The molecule has 0 spiro atoms. The van der Waals surface area contributed by atoms with Gasteiger partial charge in [-0.15, -0.1) is 0 Å². The zero-order valence-electron chi connectivity index (χ0n) is 15.8. The Bertz CT molecular complexity index is 836. The van der Waals surface area contributed by atoms with E-state index in [0.717, 1.165) is 32.1 Å². The van der Waals surface area contributed by atoms with Crippen molar-refractivity contribution in [1.29, 1.82) is 0 Å². The van der Waals surface area contributed by atoms with Gasteiger partial charge in [0.2, 0.25) is 20.0 Å². The molecule has 0 aliphatic carbocycles. The van der Waals surface area contributed by atoms with Crippen molar-refractivity contribution in [1.82, 2.24) is 9.03 Å². The molecule has 0 bridgehead atoms. The Labute approximate surface area is 162 Å². The van der Waals surface area contributed by atoms with Crippen LogP contribution in [0.1, 0.15) is 46.0 Å². The average Bonchev–Trinajstić information content (AvgIpc) is 3.13. The quantitative estimate of drug-likeness (QED) is 0.767. The van der Waals surface area contributed by atoms with Gasteiger partial charge in [-0.2, -0.15) is 4.31 Å². The maximum absolute atomic E-state index is 13.0. The van der Waals surface area contributed by atoms with Gasteiger partial charge in [0.25, 0.3) is 0 Å². The Morgan fingerprint density at radius 3 is 2.11 bits per heavy atom. The van der Waals surface area contributed by atoms with Gasteiger partial charge in [0.15, 0.2) is 0 Å². The summed E-state index contributed by atoms with van der Waals surface area (Å²) in [5.41, 5.74) is 0. The van der Waals surface area contributed by atoms with Crippen LogP contribution in [0.15, 0.2) is 34.1 Å². The lowest BCUT2D eigenvalue weighted by Crippen LogP contribution is -2.47. The van der Waals surface area contributed by atoms with Crippen LogP contribution < -0.4 is 4.72 Å². The lowest BCUT2D eigenvalue weighted by Gasteiger charge is -2.37. The van der Waals surface area contributed by atoms with E-state index in [2.05, 4.69) is 4.72 Å². The predicted molar refractivity (Wildman–Crippen MR) is 102 cm³/mol. The molecule has 7 nitrogen and oxygen atoms in total. The number of nitrogens with one attached hydrogen (secondary N) is 1. The standard InChI is InChI=1S/C18H28N2O5S2/c1-14-5-3-6-15(2)20(14)27(23,24)18-10-8-17(9-11-18)26(21,22)19-13-16-7-4-12-25-16/h8-11,14-16,19H,3-7,12-13H2,1-2H3/t14-,15-,16+/m1/s1. The first-order chi connectivity index (χ1) is 12.7. The second kappa shape index (κ2) is 8.16. The topological polar surface area (TPSA) is 92.8 Å². The van der Waals surface area contributed by atoms with E-state index in [1.54, 1.807) is 4.31 Å². The van der Waals surface area contributed by atoms with Crippen LogP contribution >= 0.6 is 0 Å². The summed E-state index contributed by atoms with van der Waals surface area (Å²) in [6.07, 6.45) is 4.37. The Morgan fingerprint density at radius 2 is 1.56 bits per heavy atom. The summed E-state index contributed by atoms with van der Waals surface area (Å²) in [7, 11) is -7.34. The van der Waals surface area contributed by atoms with Crippen LogP contribution in [-0.4, -0.2) is 52.5 Å². The third-order valence-electron chi connectivity index (χ3n) is 5.35. The number of benzene rings is 1. The number of hydrogen-bond acceptors (Lipinski definition) is 5. The Balaban J connectivity index is 1.75. The molecule has 0 amide bonds. The lowest BCUT2D eigenvalue weighted by molar-refractivity contribution is 0.114. The van der Waals surface area contributed by atoms with Crippen LogP contribution in [0.5, 0.6) is 0 Å². The summed E-state index contributed by atoms with van der Waals surface area (Å²) in [6, 6.07) is 5.34. The number of hydrogen-bond donors (Lipinski definition) is 1. The van der Waals surface area contributed by atoms with Crippen molar-refractivity contribution in [2.45, 2.75) is 73.9 Å². The molecular weight excluding hydrogens is 388 g/mol. The van der Waals surface area contributed by atoms with Crippen LogP contribution in [0.2, 0.25) is 0 Å². The van der Waals surface area contributed by atoms with Crippen LogP contribution in [-0.2, 0) is 24.8 Å². The fourth-order valence-corrected chi connectivity index (χ4v) is 6.82. The number of sulfonamides is 2. The van der Waals surface area contributed by atoms with E-state index in [-0.39, 0.29) is 34.5 Å². The molecule has 2 heterocycles. The Morgan fingerprint density at radius 1 is 0.963 bits per heavy atom. The molecule has 1 aromatic carbocycles. The molecule has 2 aliphatic heterocycles. The molecule has 0 unspecified atom stereocenters. The summed E-state index contributed by atoms with van der Waals surface area (Å²) in [5.74, 6) is 0. The Hall–Kier alpha value is -1.00. The normalized spacial score (nSPS) is 27.7. The predicted octanol–water partition coefficient (Wildman–Crippen LogP) is 2.10. The molecular formula is C18H28N2O5S2. The van der Waals surface area contributed by atoms with Crippen LogP contribution in [0.3, 0.4) is 0 Å². The smallest absolute Gasteiger partial charge is 0.243 e. The summed E-state index contributed by atoms with van der Waals surface area (Å²) in [4.78, 5) is 0.181. The van der Waals surface area contributed by atoms with Crippen LogP contribution in [0.25, 0.3) is 0 Å². The molecule has 0 radical (unpaired) electrons. The number of ether oxygens (including phenoxy) is 1. The third-order valence-corrected chi connectivity index (χ3v) is 8.93. The van der Waals surface area contributed by atoms with E-state index in [4.69, 9.17) is 4.74 Å². The van der Waals surface area contributed by atoms with Crippen LogP contribution in [0.4, 0.5) is 0 Å². The molecule has 2 aliphatic rings. The van der Waals surface area contributed by atoms with Gasteiger partial charge in [-0.1, -0.05) is 6.42 Å². The van der Waals surface area contributed by atoms with Crippen molar-refractivity contribution in [3.63, 3.8) is 0 Å². The van der Waals surface area contributed by atoms with Gasteiger partial charge < -0.3 is 4.74 Å². The van der Waals surface area contributed by atoms with Gasteiger partial charge >= 0.3 is 0 Å². The van der Waals surface area contributed by atoms with Gasteiger partial charge in [0, 0.05) is 25.2 Å². The van der Waals surface area contributed by atoms with E-state index < -0.39 is 20.0 Å². The van der Waals surface area contributed by atoms with E-state index in [1.165, 1.54) is 24.3 Å². The van der Waals surface area contributed by atoms with E-state index >= 15 is 0 Å². The fraction of sp³-hybridized carbons (Fsp3) is 0.667. The average molecular weight is 417 g/mol. The minimum Gasteiger partial charge on any atom is -0.377 e. The van der Waals surface area contributed by atoms with Crippen LogP contribution in [0, 0.1) is 0 Å². The van der Waals surface area contributed by atoms with E-state index in [9.17, 15) is 16.8 Å². The first-order valence-electron chi connectivity index (χ1n) is 9.47. The number of piperidine rings is 1. The first-order valence-corrected chi connectivity index (χ1v) is 12.4. The zero-order chi connectivity index (χ0) is 19.7. The second-order valence-electron chi connectivity index (χ2n) is 7.42. The minimum absolute atomic E-state index is 0.0548. The summed E-state index contributed by atoms with van der Waals surface area (Å²) in [6.45, 7) is 4.72. The molecule has 2 fully saturated rings. The first kappa shape index (κ1) is 20.7. The SMILES string of the molecule is C[C@@H]1CCC[C@@H](C)N1S(=O)(=O)c1ccc(S(=O)(=O)NC[C@@H]2CCCO2)cc1. The summed E-state index contributed by atoms with van der Waals surface area (Å²) >= 11 is 0. The fourth-order valence-electron chi connectivity index (χ4n) is 3.88. The second-order valence-corrected chi connectivity index (χ2v) is 11.0. The number of rotatable bonds is 6. The van der Waals surface area contributed by atoms with Crippen molar-refractivity contribution in [2.24, 2.45) is 0 Å². The molecule has 3 atom stereocenters. The van der Waals surface area contributed by atoms with E-state index in [1.807, 2.05) is 13.8 Å². The maximum Gasteiger partial charge on any atom is 0.243 e. The molecule has 2 saturated heterocycles. The monoisotopic (exact) mass is 416 g/mol. The van der Waals surface area contributed by atoms with Gasteiger partial charge in [-0.25, -0.2) is 21.6 Å². The van der Waals surface area contributed by atoms with Crippen molar-refractivity contribution < 1.29 is 21.6 Å². The van der Waals surface area contributed by atoms with Crippen molar-refractivity contribution in [3.8, 4) is 0 Å². The number of nitrogens with zero attached hydrogens (tertiary/aromatic N) is 1. The van der Waals surface area contributed by atoms with Crippen molar-refractivity contribution in [2.75, 3.05) is 13.2 Å². The van der Waals surface area contributed by atoms with Gasteiger partial charge in [0.05, 0.1) is 15.9 Å².